The van der Waals surface area contributed by atoms with Gasteiger partial charge in [-0.2, -0.15) is 0 Å². The molecule has 5 heteroatoms. The van der Waals surface area contributed by atoms with Gasteiger partial charge in [0.1, 0.15) is 6.04 Å². The molecule has 2 N–H and O–H groups in total. The summed E-state index contributed by atoms with van der Waals surface area (Å²) in [7, 11) is 1.54. The van der Waals surface area contributed by atoms with Gasteiger partial charge in [0.15, 0.2) is 0 Å². The predicted octanol–water partition coefficient (Wildman–Crippen LogP) is 0.0597. The van der Waals surface area contributed by atoms with E-state index in [2.05, 4.69) is 5.32 Å². The Bertz CT molecular complexity index is 180. The zero-order chi connectivity index (χ0) is 10.4. The minimum absolute atomic E-state index is 0.149. The van der Waals surface area contributed by atoms with Gasteiger partial charge in [0.25, 0.3) is 0 Å². The Labute approximate surface area is 83.4 Å². The zero-order valence-electron chi connectivity index (χ0n) is 8.36. The molecule has 1 saturated heterocycles. The van der Waals surface area contributed by atoms with Crippen molar-refractivity contribution in [2.45, 2.75) is 18.9 Å². The van der Waals surface area contributed by atoms with Crippen molar-refractivity contribution in [1.82, 2.24) is 5.32 Å². The molecule has 5 nitrogen and oxygen atoms in total. The quantitative estimate of drug-likeness (QED) is 0.618. The molecule has 1 aliphatic rings. The van der Waals surface area contributed by atoms with Crippen molar-refractivity contribution in [3.05, 3.63) is 0 Å². The van der Waals surface area contributed by atoms with Gasteiger partial charge in [0.2, 0.25) is 0 Å². The van der Waals surface area contributed by atoms with E-state index in [-0.39, 0.29) is 12.6 Å². The maximum atomic E-state index is 10.9. The minimum Gasteiger partial charge on any atom is -0.480 e. The van der Waals surface area contributed by atoms with E-state index >= 15 is 0 Å². The summed E-state index contributed by atoms with van der Waals surface area (Å²) in [5, 5.41) is 11.9. The highest BCUT2D eigenvalue weighted by atomic mass is 16.5. The molecule has 0 radical (unpaired) electrons. The van der Waals surface area contributed by atoms with E-state index in [9.17, 15) is 4.79 Å². The summed E-state index contributed by atoms with van der Waals surface area (Å²) in [4.78, 5) is 10.9. The van der Waals surface area contributed by atoms with Gasteiger partial charge >= 0.3 is 5.97 Å². The first kappa shape index (κ1) is 11.4. The molecular weight excluding hydrogens is 186 g/mol. The van der Waals surface area contributed by atoms with Crippen molar-refractivity contribution in [2.75, 3.05) is 27.1 Å². The summed E-state index contributed by atoms with van der Waals surface area (Å²) in [6.45, 7) is 1.58. The van der Waals surface area contributed by atoms with Crippen molar-refractivity contribution in [3.63, 3.8) is 0 Å². The Balaban J connectivity index is 2.43. The number of rotatable bonds is 5. The maximum Gasteiger partial charge on any atom is 0.321 e. The molecule has 14 heavy (non-hydrogen) atoms. The van der Waals surface area contributed by atoms with Gasteiger partial charge in [-0.15, -0.1) is 0 Å². The van der Waals surface area contributed by atoms with Crippen molar-refractivity contribution in [2.24, 2.45) is 5.92 Å². The molecule has 0 bridgehead atoms. The third-order valence-electron chi connectivity index (χ3n) is 2.45. The van der Waals surface area contributed by atoms with Crippen molar-refractivity contribution < 1.29 is 19.4 Å². The van der Waals surface area contributed by atoms with Gasteiger partial charge in [0, 0.05) is 20.3 Å². The topological polar surface area (TPSA) is 67.8 Å². The van der Waals surface area contributed by atoms with E-state index < -0.39 is 12.0 Å². The lowest BCUT2D eigenvalue weighted by molar-refractivity contribution is -0.142. The Kier molecular flexibility index (Phi) is 4.86. The van der Waals surface area contributed by atoms with Gasteiger partial charge < -0.3 is 14.6 Å². The van der Waals surface area contributed by atoms with Gasteiger partial charge in [-0.3, -0.25) is 10.1 Å². The molecule has 0 aromatic heterocycles. The number of ether oxygens (including phenoxy) is 2. The summed E-state index contributed by atoms with van der Waals surface area (Å²) >= 11 is 0. The SMILES string of the molecule is COCN[C@H](C(=O)O)C1CCOCC1. The zero-order valence-corrected chi connectivity index (χ0v) is 8.36. The van der Waals surface area contributed by atoms with Gasteiger partial charge in [-0.05, 0) is 18.8 Å². The van der Waals surface area contributed by atoms with Crippen LogP contribution in [0.1, 0.15) is 12.8 Å². The number of carbonyl (C=O) groups is 1. The van der Waals surface area contributed by atoms with Crippen LogP contribution in [0, 0.1) is 5.92 Å². The minimum atomic E-state index is -0.811. The number of carboxylic acid groups (broad SMARTS) is 1. The number of aliphatic carboxylic acids is 1. The fourth-order valence-corrected chi connectivity index (χ4v) is 1.68. The summed E-state index contributed by atoms with van der Waals surface area (Å²) in [5.74, 6) is -0.662. The van der Waals surface area contributed by atoms with Crippen LogP contribution in [0.5, 0.6) is 0 Å². The van der Waals surface area contributed by atoms with Crippen LogP contribution >= 0.6 is 0 Å². The van der Waals surface area contributed by atoms with E-state index in [4.69, 9.17) is 14.6 Å². The number of hydrogen-bond acceptors (Lipinski definition) is 4. The summed E-state index contributed by atoms with van der Waals surface area (Å²) in [5.41, 5.74) is 0. The predicted molar refractivity (Wildman–Crippen MR) is 50.0 cm³/mol. The molecule has 0 aromatic carbocycles. The first-order valence-corrected chi connectivity index (χ1v) is 4.78. The molecule has 0 aliphatic carbocycles. The highest BCUT2D eigenvalue weighted by Crippen LogP contribution is 2.18. The third kappa shape index (κ3) is 3.25. The van der Waals surface area contributed by atoms with Crippen LogP contribution in [0.25, 0.3) is 0 Å². The van der Waals surface area contributed by atoms with Crippen molar-refractivity contribution in [1.29, 1.82) is 0 Å². The van der Waals surface area contributed by atoms with E-state index in [1.807, 2.05) is 0 Å². The fourth-order valence-electron chi connectivity index (χ4n) is 1.68. The lowest BCUT2D eigenvalue weighted by Crippen LogP contribution is -2.45. The van der Waals surface area contributed by atoms with Crippen molar-refractivity contribution in [3.8, 4) is 0 Å². The van der Waals surface area contributed by atoms with Crippen LogP contribution < -0.4 is 5.32 Å². The second-order valence-electron chi connectivity index (χ2n) is 3.40. The molecule has 0 amide bonds. The van der Waals surface area contributed by atoms with E-state index in [1.54, 1.807) is 0 Å². The number of hydrogen-bond donors (Lipinski definition) is 2. The van der Waals surface area contributed by atoms with E-state index in [0.29, 0.717) is 13.2 Å². The van der Waals surface area contributed by atoms with Gasteiger partial charge in [-0.25, -0.2) is 0 Å². The Morgan fingerprint density at radius 1 is 1.64 bits per heavy atom. The van der Waals surface area contributed by atoms with Gasteiger partial charge in [0.05, 0.1) is 6.73 Å². The Morgan fingerprint density at radius 2 is 2.29 bits per heavy atom. The molecule has 0 saturated carbocycles. The average Bonchev–Trinajstić information content (AvgIpc) is 2.19. The van der Waals surface area contributed by atoms with E-state index in [0.717, 1.165) is 12.8 Å². The largest absolute Gasteiger partial charge is 0.480 e. The van der Waals surface area contributed by atoms with Crippen LogP contribution in [0.2, 0.25) is 0 Å². The fraction of sp³-hybridized carbons (Fsp3) is 0.889. The lowest BCUT2D eigenvalue weighted by atomic mass is 9.92. The molecule has 1 aliphatic heterocycles. The standard InChI is InChI=1S/C9H17NO4/c1-13-6-10-8(9(11)12)7-2-4-14-5-3-7/h7-8,10H,2-6H2,1H3,(H,11,12)/t8-/m0/s1. The molecule has 0 spiro atoms. The highest BCUT2D eigenvalue weighted by molar-refractivity contribution is 5.73. The number of carboxylic acids is 1. The van der Waals surface area contributed by atoms with Crippen LogP contribution in [0.3, 0.4) is 0 Å². The summed E-state index contributed by atoms with van der Waals surface area (Å²) in [6, 6.07) is -0.515. The molecule has 82 valence electrons. The molecule has 1 rings (SSSR count). The van der Waals surface area contributed by atoms with Crippen LogP contribution in [0.4, 0.5) is 0 Å². The molecular formula is C9H17NO4. The first-order chi connectivity index (χ1) is 6.75. The van der Waals surface area contributed by atoms with Crippen LogP contribution in [-0.4, -0.2) is 44.2 Å². The molecule has 1 heterocycles. The Hall–Kier alpha value is -0.650. The lowest BCUT2D eigenvalue weighted by Gasteiger charge is -2.27. The molecule has 1 atom stereocenters. The normalized spacial score (nSPS) is 20.6. The summed E-state index contributed by atoms with van der Waals surface area (Å²) < 4.78 is 9.99. The Morgan fingerprint density at radius 3 is 2.79 bits per heavy atom. The average molecular weight is 203 g/mol. The molecule has 1 fully saturated rings. The molecule has 0 aromatic rings. The van der Waals surface area contributed by atoms with E-state index in [1.165, 1.54) is 7.11 Å². The number of nitrogens with one attached hydrogen (secondary N) is 1. The second-order valence-corrected chi connectivity index (χ2v) is 3.40. The maximum absolute atomic E-state index is 10.9. The van der Waals surface area contributed by atoms with Crippen LogP contribution in [0.15, 0.2) is 0 Å². The number of methoxy groups -OCH3 is 1. The highest BCUT2D eigenvalue weighted by Gasteiger charge is 2.28. The summed E-state index contributed by atoms with van der Waals surface area (Å²) in [6.07, 6.45) is 1.60. The molecule has 0 unspecified atom stereocenters. The first-order valence-electron chi connectivity index (χ1n) is 4.78. The van der Waals surface area contributed by atoms with Gasteiger partial charge in [-0.1, -0.05) is 0 Å². The third-order valence-corrected chi connectivity index (χ3v) is 2.45. The second kappa shape index (κ2) is 5.95. The van der Waals surface area contributed by atoms with Crippen molar-refractivity contribution >= 4 is 5.97 Å². The smallest absolute Gasteiger partial charge is 0.321 e. The monoisotopic (exact) mass is 203 g/mol. The van der Waals surface area contributed by atoms with Crippen LogP contribution in [-0.2, 0) is 14.3 Å².